The van der Waals surface area contributed by atoms with Gasteiger partial charge in [0.15, 0.2) is 0 Å². The van der Waals surface area contributed by atoms with E-state index in [2.05, 4.69) is 0 Å². The Kier molecular flexibility index (Phi) is 2.16. The zero-order chi connectivity index (χ0) is 8.59. The first-order chi connectivity index (χ1) is 5.04. The molecule has 0 aliphatic rings. The summed E-state index contributed by atoms with van der Waals surface area (Å²) in [5.41, 5.74) is 12.6. The second kappa shape index (κ2) is 2.80. The molecule has 60 valence electrons. The van der Waals surface area contributed by atoms with Crippen molar-refractivity contribution in [1.82, 2.24) is 0 Å². The lowest BCUT2D eigenvalue weighted by Gasteiger charge is -2.06. The minimum absolute atomic E-state index is 0.349. The molecule has 0 aromatic heterocycles. The summed E-state index contributed by atoms with van der Waals surface area (Å²) in [5, 5.41) is 0.927. The summed E-state index contributed by atoms with van der Waals surface area (Å²) in [6, 6.07) is 1.69. The van der Waals surface area contributed by atoms with Crippen molar-refractivity contribution in [3.8, 4) is 0 Å². The van der Waals surface area contributed by atoms with Crippen LogP contribution in [-0.4, -0.2) is 0 Å². The zero-order valence-corrected chi connectivity index (χ0v) is 7.50. The molecule has 0 radical (unpaired) electrons. The molecule has 0 unspecified atom stereocenters. The molecule has 0 fully saturated rings. The van der Waals surface area contributed by atoms with E-state index in [1.54, 1.807) is 6.07 Å². The second-order valence-electron chi connectivity index (χ2n) is 2.32. The van der Waals surface area contributed by atoms with Crippen LogP contribution >= 0.6 is 23.2 Å². The van der Waals surface area contributed by atoms with Gasteiger partial charge in [-0.05, 0) is 18.6 Å². The molecule has 0 aliphatic heterocycles. The SMILES string of the molecule is Cc1cc(Cl)c(N)c(N)c1Cl. The van der Waals surface area contributed by atoms with Crippen molar-refractivity contribution in [3.05, 3.63) is 21.7 Å². The predicted octanol–water partition coefficient (Wildman–Crippen LogP) is 2.47. The molecule has 1 aromatic rings. The van der Waals surface area contributed by atoms with Gasteiger partial charge in [0, 0.05) is 0 Å². The Morgan fingerprint density at radius 3 is 2.27 bits per heavy atom. The van der Waals surface area contributed by atoms with Gasteiger partial charge in [0.1, 0.15) is 0 Å². The fraction of sp³-hybridized carbons (Fsp3) is 0.143. The minimum atomic E-state index is 0.349. The average molecular weight is 191 g/mol. The van der Waals surface area contributed by atoms with E-state index in [0.717, 1.165) is 5.56 Å². The highest BCUT2D eigenvalue weighted by molar-refractivity contribution is 6.38. The maximum absolute atomic E-state index is 5.79. The van der Waals surface area contributed by atoms with Crippen LogP contribution in [0.2, 0.25) is 10.0 Å². The highest BCUT2D eigenvalue weighted by Crippen LogP contribution is 2.34. The van der Waals surface area contributed by atoms with Crippen LogP contribution in [0.25, 0.3) is 0 Å². The fourth-order valence-corrected chi connectivity index (χ4v) is 1.21. The lowest BCUT2D eigenvalue weighted by Crippen LogP contribution is -1.97. The third kappa shape index (κ3) is 1.37. The number of nitrogen functional groups attached to an aromatic ring is 2. The Hall–Kier alpha value is -0.600. The van der Waals surface area contributed by atoms with Gasteiger partial charge in [-0.15, -0.1) is 0 Å². The first-order valence-electron chi connectivity index (χ1n) is 3.03. The molecular formula is C7H8Cl2N2. The fourth-order valence-electron chi connectivity index (χ4n) is 0.791. The van der Waals surface area contributed by atoms with Crippen LogP contribution in [0.4, 0.5) is 11.4 Å². The molecule has 0 spiro atoms. The maximum Gasteiger partial charge on any atom is 0.0755 e. The van der Waals surface area contributed by atoms with Crippen LogP contribution in [0, 0.1) is 6.92 Å². The molecule has 0 heterocycles. The first-order valence-corrected chi connectivity index (χ1v) is 3.79. The number of benzene rings is 1. The Morgan fingerprint density at radius 2 is 1.73 bits per heavy atom. The molecule has 0 saturated heterocycles. The van der Waals surface area contributed by atoms with Crippen LogP contribution in [0.3, 0.4) is 0 Å². The monoisotopic (exact) mass is 190 g/mol. The van der Waals surface area contributed by atoms with Gasteiger partial charge < -0.3 is 11.5 Å². The first kappa shape index (κ1) is 8.50. The molecule has 0 aliphatic carbocycles. The third-order valence-electron chi connectivity index (χ3n) is 1.47. The number of halogens is 2. The number of aryl methyl sites for hydroxylation is 1. The Balaban J connectivity index is 3.46. The van der Waals surface area contributed by atoms with Crippen LogP contribution < -0.4 is 11.5 Å². The van der Waals surface area contributed by atoms with Crippen molar-refractivity contribution in [2.24, 2.45) is 0 Å². The van der Waals surface area contributed by atoms with E-state index in [1.807, 2.05) is 6.92 Å². The van der Waals surface area contributed by atoms with Crippen molar-refractivity contribution in [1.29, 1.82) is 0 Å². The van der Waals surface area contributed by atoms with E-state index in [-0.39, 0.29) is 0 Å². The van der Waals surface area contributed by atoms with E-state index < -0.39 is 0 Å². The van der Waals surface area contributed by atoms with E-state index >= 15 is 0 Å². The topological polar surface area (TPSA) is 52.0 Å². The standard InChI is InChI=1S/C7H8Cl2N2/c1-3-2-4(8)6(10)7(11)5(3)9/h2H,10-11H2,1H3. The molecule has 1 rings (SSSR count). The summed E-state index contributed by atoms with van der Waals surface area (Å²) in [5.74, 6) is 0. The molecule has 4 N–H and O–H groups in total. The summed E-state index contributed by atoms with van der Waals surface area (Å²) in [4.78, 5) is 0. The highest BCUT2D eigenvalue weighted by atomic mass is 35.5. The Morgan fingerprint density at radius 1 is 1.18 bits per heavy atom. The van der Waals surface area contributed by atoms with Crippen molar-refractivity contribution >= 4 is 34.6 Å². The smallest absolute Gasteiger partial charge is 0.0755 e. The Labute approximate surface area is 75.1 Å². The largest absolute Gasteiger partial charge is 0.396 e. The summed E-state index contributed by atoms with van der Waals surface area (Å²) in [7, 11) is 0. The molecule has 1 aromatic carbocycles. The van der Waals surface area contributed by atoms with E-state index in [1.165, 1.54) is 0 Å². The molecule has 0 bridgehead atoms. The van der Waals surface area contributed by atoms with Gasteiger partial charge in [0.25, 0.3) is 0 Å². The lowest BCUT2D eigenvalue weighted by molar-refractivity contribution is 1.47. The van der Waals surface area contributed by atoms with Crippen LogP contribution in [-0.2, 0) is 0 Å². The number of hydrogen-bond acceptors (Lipinski definition) is 2. The van der Waals surface area contributed by atoms with Crippen molar-refractivity contribution in [3.63, 3.8) is 0 Å². The number of anilines is 2. The molecular weight excluding hydrogens is 183 g/mol. The number of nitrogens with two attached hydrogens (primary N) is 2. The van der Waals surface area contributed by atoms with Crippen molar-refractivity contribution in [2.45, 2.75) is 6.92 Å². The summed E-state index contributed by atoms with van der Waals surface area (Å²) < 4.78 is 0. The number of hydrogen-bond donors (Lipinski definition) is 2. The lowest BCUT2D eigenvalue weighted by atomic mass is 10.2. The summed E-state index contributed by atoms with van der Waals surface area (Å²) >= 11 is 11.5. The second-order valence-corrected chi connectivity index (χ2v) is 3.10. The summed E-state index contributed by atoms with van der Waals surface area (Å²) in [6.45, 7) is 1.82. The summed E-state index contributed by atoms with van der Waals surface area (Å²) in [6.07, 6.45) is 0. The van der Waals surface area contributed by atoms with Gasteiger partial charge in [0.05, 0.1) is 21.4 Å². The molecule has 0 amide bonds. The van der Waals surface area contributed by atoms with Crippen LogP contribution in [0.1, 0.15) is 5.56 Å². The van der Waals surface area contributed by atoms with E-state index in [9.17, 15) is 0 Å². The Bertz CT molecular complexity index is 271. The van der Waals surface area contributed by atoms with E-state index in [4.69, 9.17) is 34.7 Å². The van der Waals surface area contributed by atoms with Crippen molar-refractivity contribution < 1.29 is 0 Å². The minimum Gasteiger partial charge on any atom is -0.396 e. The molecule has 0 saturated carbocycles. The van der Waals surface area contributed by atoms with Gasteiger partial charge in [-0.25, -0.2) is 0 Å². The predicted molar refractivity (Wildman–Crippen MR) is 50.0 cm³/mol. The van der Waals surface area contributed by atoms with Gasteiger partial charge in [-0.3, -0.25) is 0 Å². The van der Waals surface area contributed by atoms with Crippen LogP contribution in [0.15, 0.2) is 6.07 Å². The molecule has 2 nitrogen and oxygen atoms in total. The molecule has 0 atom stereocenters. The van der Waals surface area contributed by atoms with Gasteiger partial charge in [-0.2, -0.15) is 0 Å². The third-order valence-corrected chi connectivity index (χ3v) is 2.29. The maximum atomic E-state index is 5.79. The highest BCUT2D eigenvalue weighted by Gasteiger charge is 2.07. The van der Waals surface area contributed by atoms with E-state index in [0.29, 0.717) is 21.4 Å². The molecule has 11 heavy (non-hydrogen) atoms. The average Bonchev–Trinajstić information content (AvgIpc) is 1.97. The normalized spacial score (nSPS) is 10.1. The van der Waals surface area contributed by atoms with Gasteiger partial charge >= 0.3 is 0 Å². The van der Waals surface area contributed by atoms with Gasteiger partial charge in [-0.1, -0.05) is 23.2 Å². The van der Waals surface area contributed by atoms with Gasteiger partial charge in [0.2, 0.25) is 0 Å². The number of rotatable bonds is 0. The quantitative estimate of drug-likeness (QED) is 0.618. The van der Waals surface area contributed by atoms with Crippen molar-refractivity contribution in [2.75, 3.05) is 11.5 Å². The van der Waals surface area contributed by atoms with Crippen LogP contribution in [0.5, 0.6) is 0 Å². The molecule has 4 heteroatoms. The zero-order valence-electron chi connectivity index (χ0n) is 5.99.